The van der Waals surface area contributed by atoms with E-state index in [2.05, 4.69) is 36.7 Å². The van der Waals surface area contributed by atoms with Crippen molar-refractivity contribution in [1.29, 1.82) is 0 Å². The number of carbonyl (C=O) groups is 1. The molecule has 3 heteroatoms. The Morgan fingerprint density at radius 2 is 1.85 bits per heavy atom. The predicted octanol–water partition coefficient (Wildman–Crippen LogP) is 5.61. The van der Waals surface area contributed by atoms with Crippen LogP contribution in [0.25, 0.3) is 0 Å². The van der Waals surface area contributed by atoms with Crippen LogP contribution in [0.15, 0.2) is 0 Å². The number of alkyl halides is 1. The standard InChI is InChI=1S/C23H37BrO2/c1-4-14-11-22(2,26)12-15-5-6-16-17(21(14)15)9-10-23(3)18(16)7-8-19(23)20(25)13-24/h14-19,21,26H,4-13H2,1-3H3/t14?,15-,16-,17+,18+,19-,21?,22-,23+/m1/s1. The van der Waals surface area contributed by atoms with E-state index >= 15 is 0 Å². The first-order valence-corrected chi connectivity index (χ1v) is 12.2. The van der Waals surface area contributed by atoms with E-state index in [0.717, 1.165) is 48.9 Å². The van der Waals surface area contributed by atoms with Crippen LogP contribution in [0.5, 0.6) is 0 Å². The van der Waals surface area contributed by atoms with Crippen LogP contribution < -0.4 is 0 Å². The van der Waals surface area contributed by atoms with Gasteiger partial charge in [-0.3, -0.25) is 4.79 Å². The van der Waals surface area contributed by atoms with Gasteiger partial charge in [0.1, 0.15) is 5.78 Å². The molecule has 0 bridgehead atoms. The van der Waals surface area contributed by atoms with Crippen molar-refractivity contribution in [2.75, 3.05) is 5.33 Å². The van der Waals surface area contributed by atoms with Gasteiger partial charge in [-0.2, -0.15) is 0 Å². The Labute approximate surface area is 168 Å². The molecule has 148 valence electrons. The van der Waals surface area contributed by atoms with E-state index in [1.54, 1.807) is 0 Å². The van der Waals surface area contributed by atoms with Crippen LogP contribution in [-0.4, -0.2) is 21.8 Å². The second-order valence-corrected chi connectivity index (χ2v) is 11.3. The van der Waals surface area contributed by atoms with Crippen molar-refractivity contribution >= 4 is 21.7 Å². The van der Waals surface area contributed by atoms with Crippen LogP contribution in [0.3, 0.4) is 0 Å². The maximum atomic E-state index is 12.6. The summed E-state index contributed by atoms with van der Waals surface area (Å²) in [6.07, 6.45) is 10.8. The maximum absolute atomic E-state index is 12.6. The predicted molar refractivity (Wildman–Crippen MR) is 109 cm³/mol. The minimum Gasteiger partial charge on any atom is -0.390 e. The minimum atomic E-state index is -0.446. The highest BCUT2D eigenvalue weighted by atomic mass is 79.9. The highest BCUT2D eigenvalue weighted by Gasteiger charge is 2.59. The second kappa shape index (κ2) is 6.87. The quantitative estimate of drug-likeness (QED) is 0.597. The van der Waals surface area contributed by atoms with E-state index in [1.165, 1.54) is 38.5 Å². The molecule has 0 aromatic rings. The van der Waals surface area contributed by atoms with Crippen LogP contribution in [0.2, 0.25) is 0 Å². The van der Waals surface area contributed by atoms with Gasteiger partial charge in [-0.05, 0) is 99.2 Å². The number of hydrogen-bond acceptors (Lipinski definition) is 2. The summed E-state index contributed by atoms with van der Waals surface area (Å²) < 4.78 is 0. The molecule has 4 fully saturated rings. The molecule has 0 spiro atoms. The van der Waals surface area contributed by atoms with Crippen molar-refractivity contribution in [3.63, 3.8) is 0 Å². The molecule has 4 aliphatic rings. The maximum Gasteiger partial charge on any atom is 0.147 e. The molecule has 2 nitrogen and oxygen atoms in total. The van der Waals surface area contributed by atoms with Crippen molar-refractivity contribution in [3.8, 4) is 0 Å². The van der Waals surface area contributed by atoms with E-state index in [0.29, 0.717) is 22.9 Å². The smallest absolute Gasteiger partial charge is 0.147 e. The summed E-state index contributed by atoms with van der Waals surface area (Å²) in [6, 6.07) is 0. The number of carbonyl (C=O) groups excluding carboxylic acids is 1. The molecule has 0 radical (unpaired) electrons. The van der Waals surface area contributed by atoms with E-state index in [4.69, 9.17) is 0 Å². The normalized spacial score (nSPS) is 53.5. The lowest BCUT2D eigenvalue weighted by Gasteiger charge is -2.59. The van der Waals surface area contributed by atoms with Crippen molar-refractivity contribution in [1.82, 2.24) is 0 Å². The van der Waals surface area contributed by atoms with Crippen LogP contribution in [-0.2, 0) is 4.79 Å². The Kier molecular flexibility index (Phi) is 5.13. The summed E-state index contributed by atoms with van der Waals surface area (Å²) in [4.78, 5) is 12.6. The first-order chi connectivity index (χ1) is 12.3. The van der Waals surface area contributed by atoms with Gasteiger partial charge >= 0.3 is 0 Å². The van der Waals surface area contributed by atoms with Crippen LogP contribution >= 0.6 is 15.9 Å². The van der Waals surface area contributed by atoms with Crippen molar-refractivity contribution in [3.05, 3.63) is 0 Å². The number of fused-ring (bicyclic) bond motifs is 5. The largest absolute Gasteiger partial charge is 0.390 e. The summed E-state index contributed by atoms with van der Waals surface area (Å²) in [5.41, 5.74) is -0.195. The van der Waals surface area contributed by atoms with Gasteiger partial charge in [0, 0.05) is 5.92 Å². The van der Waals surface area contributed by atoms with Gasteiger partial charge in [-0.25, -0.2) is 0 Å². The molecule has 0 saturated heterocycles. The van der Waals surface area contributed by atoms with Crippen LogP contribution in [0.1, 0.15) is 78.6 Å². The molecule has 0 aromatic carbocycles. The van der Waals surface area contributed by atoms with Crippen molar-refractivity contribution in [2.45, 2.75) is 84.2 Å². The summed E-state index contributed by atoms with van der Waals surface area (Å²) in [7, 11) is 0. The molecule has 0 aromatic heterocycles. The lowest BCUT2D eigenvalue weighted by atomic mass is 9.47. The number of hydrogen-bond donors (Lipinski definition) is 1. The summed E-state index contributed by atoms with van der Waals surface area (Å²) in [5.74, 6) is 5.44. The van der Waals surface area contributed by atoms with E-state index in [9.17, 15) is 9.90 Å². The van der Waals surface area contributed by atoms with Gasteiger partial charge in [0.25, 0.3) is 0 Å². The number of rotatable bonds is 3. The van der Waals surface area contributed by atoms with Crippen LogP contribution in [0, 0.1) is 46.8 Å². The Balaban J connectivity index is 1.59. The van der Waals surface area contributed by atoms with Gasteiger partial charge in [-0.15, -0.1) is 0 Å². The van der Waals surface area contributed by atoms with Crippen molar-refractivity contribution in [2.24, 2.45) is 46.8 Å². The minimum absolute atomic E-state index is 0.251. The number of aliphatic hydroxyl groups is 1. The number of Topliss-reactive ketones (excluding diaryl/α,β-unsaturated/α-hetero) is 1. The highest BCUT2D eigenvalue weighted by Crippen LogP contribution is 2.65. The molecule has 1 N–H and O–H groups in total. The molecule has 0 heterocycles. The molecule has 4 rings (SSSR count). The van der Waals surface area contributed by atoms with E-state index in [-0.39, 0.29) is 5.41 Å². The zero-order valence-electron chi connectivity index (χ0n) is 16.8. The molecule has 0 amide bonds. The van der Waals surface area contributed by atoms with Crippen LogP contribution in [0.4, 0.5) is 0 Å². The fourth-order valence-electron chi connectivity index (χ4n) is 8.52. The average Bonchev–Trinajstić information content (AvgIpc) is 2.96. The fraction of sp³-hybridized carbons (Fsp3) is 0.957. The Hall–Kier alpha value is 0.110. The molecule has 2 unspecified atom stereocenters. The highest BCUT2D eigenvalue weighted by molar-refractivity contribution is 9.09. The topological polar surface area (TPSA) is 37.3 Å². The van der Waals surface area contributed by atoms with Crippen molar-refractivity contribution < 1.29 is 9.90 Å². The third-order valence-corrected chi connectivity index (χ3v) is 9.95. The Morgan fingerprint density at radius 3 is 2.54 bits per heavy atom. The summed E-state index contributed by atoms with van der Waals surface area (Å²) in [5, 5.41) is 11.3. The van der Waals surface area contributed by atoms with Gasteiger partial charge in [0.05, 0.1) is 10.9 Å². The van der Waals surface area contributed by atoms with Gasteiger partial charge < -0.3 is 5.11 Å². The van der Waals surface area contributed by atoms with Gasteiger partial charge in [-0.1, -0.05) is 36.2 Å². The third kappa shape index (κ3) is 2.95. The third-order valence-electron chi connectivity index (χ3n) is 9.40. The molecular formula is C23H37BrO2. The molecule has 26 heavy (non-hydrogen) atoms. The van der Waals surface area contributed by atoms with E-state index in [1.807, 2.05) is 0 Å². The lowest BCUT2D eigenvalue weighted by molar-refractivity contribution is -0.136. The zero-order valence-corrected chi connectivity index (χ0v) is 18.4. The fourth-order valence-corrected chi connectivity index (χ4v) is 8.91. The SMILES string of the molecule is CCC1C[C@@](C)(O)C[C@H]2CC[C@@H]3[C@H](CC[C@]4(C)[C@@H](C(=O)CBr)CC[C@@H]34)C12. The zero-order chi connectivity index (χ0) is 18.7. The summed E-state index contributed by atoms with van der Waals surface area (Å²) >= 11 is 3.43. The lowest BCUT2D eigenvalue weighted by Crippen LogP contribution is -2.53. The summed E-state index contributed by atoms with van der Waals surface area (Å²) in [6.45, 7) is 6.85. The van der Waals surface area contributed by atoms with Gasteiger partial charge in [0.2, 0.25) is 0 Å². The Morgan fingerprint density at radius 1 is 1.08 bits per heavy atom. The molecule has 4 saturated carbocycles. The van der Waals surface area contributed by atoms with Gasteiger partial charge in [0.15, 0.2) is 0 Å². The molecule has 0 aliphatic heterocycles. The average molecular weight is 425 g/mol. The van der Waals surface area contributed by atoms with E-state index < -0.39 is 5.60 Å². The first-order valence-electron chi connectivity index (χ1n) is 11.1. The number of halogens is 1. The first kappa shape index (κ1) is 19.4. The number of ketones is 1. The molecule has 9 atom stereocenters. The second-order valence-electron chi connectivity index (χ2n) is 10.7. The molecular weight excluding hydrogens is 388 g/mol. The molecule has 4 aliphatic carbocycles. The monoisotopic (exact) mass is 424 g/mol. The Bertz CT molecular complexity index is 548.